The van der Waals surface area contributed by atoms with Crippen molar-refractivity contribution in [1.82, 2.24) is 15.0 Å². The Morgan fingerprint density at radius 3 is 2.81 bits per heavy atom. The second kappa shape index (κ2) is 7.45. The number of sulfone groups is 1. The Bertz CT molecular complexity index is 991. The minimum absolute atomic E-state index is 0.141. The van der Waals surface area contributed by atoms with Crippen molar-refractivity contribution >= 4 is 9.84 Å². The molecule has 1 aromatic carbocycles. The summed E-state index contributed by atoms with van der Waals surface area (Å²) in [5, 5.41) is 8.36. The van der Waals surface area contributed by atoms with Crippen LogP contribution in [-0.4, -0.2) is 42.4 Å². The molecule has 142 valence electrons. The van der Waals surface area contributed by atoms with E-state index in [9.17, 15) is 8.42 Å². The predicted molar refractivity (Wildman–Crippen MR) is 102 cm³/mol. The molecule has 0 unspecified atom stereocenters. The van der Waals surface area contributed by atoms with E-state index in [4.69, 9.17) is 4.74 Å². The molecular formula is C20H23N3O3S. The van der Waals surface area contributed by atoms with Gasteiger partial charge in [0, 0.05) is 29.9 Å². The van der Waals surface area contributed by atoms with Crippen LogP contribution < -0.4 is 0 Å². The van der Waals surface area contributed by atoms with Gasteiger partial charge in [0.2, 0.25) is 0 Å². The molecule has 1 aromatic heterocycles. The van der Waals surface area contributed by atoms with Crippen molar-refractivity contribution in [3.63, 3.8) is 0 Å². The van der Waals surface area contributed by atoms with Crippen molar-refractivity contribution < 1.29 is 13.2 Å². The molecule has 6 nitrogen and oxygen atoms in total. The third-order valence-corrected chi connectivity index (χ3v) is 6.00. The number of hydrogen-bond acceptors (Lipinski definition) is 5. The Morgan fingerprint density at radius 1 is 1.26 bits per heavy atom. The van der Waals surface area contributed by atoms with Crippen LogP contribution in [0.2, 0.25) is 0 Å². The Labute approximate surface area is 159 Å². The average Bonchev–Trinajstić information content (AvgIpc) is 3.37. The van der Waals surface area contributed by atoms with Gasteiger partial charge in [-0.3, -0.25) is 0 Å². The Hall–Kier alpha value is -2.17. The van der Waals surface area contributed by atoms with Gasteiger partial charge in [-0.05, 0) is 44.2 Å². The molecule has 1 atom stereocenters. The summed E-state index contributed by atoms with van der Waals surface area (Å²) in [6.45, 7) is 1.42. The number of benzene rings is 1. The highest BCUT2D eigenvalue weighted by Gasteiger charge is 2.20. The fourth-order valence-electron chi connectivity index (χ4n) is 3.20. The van der Waals surface area contributed by atoms with E-state index in [1.807, 2.05) is 6.07 Å². The van der Waals surface area contributed by atoms with E-state index in [2.05, 4.69) is 22.2 Å². The van der Waals surface area contributed by atoms with Crippen molar-refractivity contribution in [3.05, 3.63) is 30.0 Å². The molecule has 1 saturated heterocycles. The summed E-state index contributed by atoms with van der Waals surface area (Å²) in [5.74, 6) is 6.72. The Kier molecular flexibility index (Phi) is 5.02. The van der Waals surface area contributed by atoms with Crippen molar-refractivity contribution in [2.75, 3.05) is 12.9 Å². The van der Waals surface area contributed by atoms with Crippen LogP contribution in [-0.2, 0) is 21.1 Å². The number of aromatic nitrogens is 3. The van der Waals surface area contributed by atoms with Gasteiger partial charge < -0.3 is 4.74 Å². The lowest BCUT2D eigenvalue weighted by atomic mass is 10.1. The molecule has 1 aliphatic heterocycles. The summed E-state index contributed by atoms with van der Waals surface area (Å²) in [6.07, 6.45) is 8.69. The second-order valence-electron chi connectivity index (χ2n) is 7.34. The smallest absolute Gasteiger partial charge is 0.176 e. The molecule has 0 N–H and O–H groups in total. The average molecular weight is 385 g/mol. The maximum Gasteiger partial charge on any atom is 0.176 e. The van der Waals surface area contributed by atoms with Gasteiger partial charge in [-0.15, -0.1) is 5.10 Å². The lowest BCUT2D eigenvalue weighted by Gasteiger charge is -2.21. The Balaban J connectivity index is 1.61. The first-order valence-corrected chi connectivity index (χ1v) is 11.3. The highest BCUT2D eigenvalue weighted by molar-refractivity contribution is 7.90. The van der Waals surface area contributed by atoms with Crippen molar-refractivity contribution in [1.29, 1.82) is 0 Å². The SMILES string of the molecule is CS(=O)(=O)c1cc(C#CC2CC2)ccc1-c1cn(C[C@H]2CCCCO2)nn1. The summed E-state index contributed by atoms with van der Waals surface area (Å²) in [6, 6.07) is 5.27. The van der Waals surface area contributed by atoms with Crippen LogP contribution in [0.3, 0.4) is 0 Å². The van der Waals surface area contributed by atoms with Gasteiger partial charge in [0.25, 0.3) is 0 Å². The number of ether oxygens (including phenoxy) is 1. The first kappa shape index (κ1) is 18.2. The van der Waals surface area contributed by atoms with Gasteiger partial charge in [-0.1, -0.05) is 23.1 Å². The lowest BCUT2D eigenvalue weighted by molar-refractivity contribution is 0.00370. The van der Waals surface area contributed by atoms with Gasteiger partial charge in [0.15, 0.2) is 9.84 Å². The maximum absolute atomic E-state index is 12.3. The second-order valence-corrected chi connectivity index (χ2v) is 9.33. The molecular weight excluding hydrogens is 362 g/mol. The van der Waals surface area contributed by atoms with E-state index < -0.39 is 9.84 Å². The maximum atomic E-state index is 12.3. The van der Waals surface area contributed by atoms with Crippen LogP contribution in [0.15, 0.2) is 29.3 Å². The van der Waals surface area contributed by atoms with Gasteiger partial charge >= 0.3 is 0 Å². The molecule has 2 heterocycles. The normalized spacial score (nSPS) is 20.1. The topological polar surface area (TPSA) is 74.1 Å². The monoisotopic (exact) mass is 385 g/mol. The van der Waals surface area contributed by atoms with E-state index in [1.54, 1.807) is 23.0 Å². The summed E-state index contributed by atoms with van der Waals surface area (Å²) >= 11 is 0. The number of hydrogen-bond donors (Lipinski definition) is 0. The van der Waals surface area contributed by atoms with Crippen LogP contribution in [0.5, 0.6) is 0 Å². The first-order chi connectivity index (χ1) is 13.0. The van der Waals surface area contributed by atoms with E-state index in [0.29, 0.717) is 29.3 Å². The third kappa shape index (κ3) is 4.57. The van der Waals surface area contributed by atoms with Crippen molar-refractivity contribution in [3.8, 4) is 23.1 Å². The molecule has 0 amide bonds. The number of rotatable bonds is 4. The molecule has 2 aromatic rings. The first-order valence-electron chi connectivity index (χ1n) is 9.37. The summed E-state index contributed by atoms with van der Waals surface area (Å²) in [4.78, 5) is 0.242. The molecule has 0 radical (unpaired) electrons. The molecule has 7 heteroatoms. The quantitative estimate of drug-likeness (QED) is 0.757. The molecule has 2 fully saturated rings. The van der Waals surface area contributed by atoms with E-state index in [1.165, 1.54) is 6.26 Å². The van der Waals surface area contributed by atoms with E-state index in [-0.39, 0.29) is 11.0 Å². The third-order valence-electron chi connectivity index (χ3n) is 4.86. The molecule has 1 saturated carbocycles. The minimum Gasteiger partial charge on any atom is -0.376 e. The van der Waals surface area contributed by atoms with Gasteiger partial charge in [-0.25, -0.2) is 13.1 Å². The fourth-order valence-corrected chi connectivity index (χ4v) is 4.12. The predicted octanol–water partition coefficient (Wildman–Crippen LogP) is 2.68. The van der Waals surface area contributed by atoms with Crippen molar-refractivity contribution in [2.24, 2.45) is 5.92 Å². The molecule has 0 spiro atoms. The summed E-state index contributed by atoms with van der Waals surface area (Å²) < 4.78 is 32.1. The molecule has 2 aliphatic rings. The van der Waals surface area contributed by atoms with Crippen LogP contribution in [0.1, 0.15) is 37.7 Å². The number of nitrogens with zero attached hydrogens (tertiary/aromatic N) is 3. The zero-order chi connectivity index (χ0) is 18.9. The molecule has 4 rings (SSSR count). The minimum atomic E-state index is -3.41. The molecule has 27 heavy (non-hydrogen) atoms. The highest BCUT2D eigenvalue weighted by Crippen LogP contribution is 2.29. The van der Waals surface area contributed by atoms with Gasteiger partial charge in [-0.2, -0.15) is 0 Å². The molecule has 0 bridgehead atoms. The summed E-state index contributed by atoms with van der Waals surface area (Å²) in [7, 11) is -3.41. The van der Waals surface area contributed by atoms with Gasteiger partial charge in [0.05, 0.1) is 23.7 Å². The van der Waals surface area contributed by atoms with Crippen LogP contribution >= 0.6 is 0 Å². The lowest BCUT2D eigenvalue weighted by Crippen LogP contribution is -2.24. The zero-order valence-electron chi connectivity index (χ0n) is 15.4. The Morgan fingerprint density at radius 2 is 2.11 bits per heavy atom. The standard InChI is InChI=1S/C20H23N3O3S/c1-27(24,25)20-12-16(8-7-15-5-6-15)9-10-18(20)19-14-23(22-21-19)13-17-4-2-3-11-26-17/h9-10,12,14-15,17H,2-6,11,13H2,1H3/t17-/m1/s1. The van der Waals surface area contributed by atoms with Crippen molar-refractivity contribution in [2.45, 2.75) is 49.6 Å². The van der Waals surface area contributed by atoms with Gasteiger partial charge in [0.1, 0.15) is 5.69 Å². The van der Waals surface area contributed by atoms with E-state index in [0.717, 1.165) is 38.7 Å². The van der Waals surface area contributed by atoms with Crippen LogP contribution in [0.4, 0.5) is 0 Å². The van der Waals surface area contributed by atoms with Crippen LogP contribution in [0, 0.1) is 17.8 Å². The largest absolute Gasteiger partial charge is 0.376 e. The fraction of sp³-hybridized carbons (Fsp3) is 0.500. The van der Waals surface area contributed by atoms with Crippen LogP contribution in [0.25, 0.3) is 11.3 Å². The highest BCUT2D eigenvalue weighted by atomic mass is 32.2. The summed E-state index contributed by atoms with van der Waals surface area (Å²) in [5.41, 5.74) is 1.83. The molecule has 1 aliphatic carbocycles. The van der Waals surface area contributed by atoms with E-state index >= 15 is 0 Å². The zero-order valence-corrected chi connectivity index (χ0v) is 16.2.